The molecule has 15 aromatic carbocycles. The molecular weight excluding hydrogens is 1000 g/mol. The normalized spacial score (nSPS) is 13.0. The van der Waals surface area contributed by atoms with Gasteiger partial charge < -0.3 is 0 Å². The van der Waals surface area contributed by atoms with Crippen LogP contribution in [-0.4, -0.2) is 9.13 Å². The number of benzene rings is 15. The monoisotopic (exact) mass is 1060 g/mol. The molecule has 0 fully saturated rings. The first kappa shape index (κ1) is 47.3. The molecule has 6 heteroatoms. The van der Waals surface area contributed by atoms with Crippen LogP contribution in [0.3, 0.4) is 0 Å². The molecular formula is C76H54N2O4. The SMILES string of the molecule is CC(C)c1cccc(C(C)C)c1-n1c(=O)c2cc3c4cc5cc6ccccc6cc5cc4c4cc5c(=O)n(-c6c(C(C)C)cccc6C(C)C)c(=O)c6cc7c8cc9cc%10ccccc%10cc9cc8c8cc(c1=O)c2c1c3c4c(c56)c7c81. The second-order valence-corrected chi connectivity index (χ2v) is 24.9. The van der Waals surface area contributed by atoms with Crippen molar-refractivity contribution in [2.45, 2.75) is 79.1 Å². The lowest BCUT2D eigenvalue weighted by Gasteiger charge is -2.27. The molecule has 0 aliphatic heterocycles. The van der Waals surface area contributed by atoms with Gasteiger partial charge in [0.2, 0.25) is 0 Å². The minimum Gasteiger partial charge on any atom is -0.268 e. The van der Waals surface area contributed by atoms with Gasteiger partial charge in [0.15, 0.2) is 0 Å². The van der Waals surface area contributed by atoms with Gasteiger partial charge in [-0.05, 0) is 226 Å². The summed E-state index contributed by atoms with van der Waals surface area (Å²) in [7, 11) is 0. The molecule has 0 aliphatic carbocycles. The van der Waals surface area contributed by atoms with E-state index in [1.807, 2.05) is 12.1 Å². The Balaban J connectivity index is 1.20. The first-order chi connectivity index (χ1) is 39.7. The Hall–Kier alpha value is -9.52. The Morgan fingerprint density at radius 1 is 0.232 bits per heavy atom. The Morgan fingerprint density at radius 3 is 0.707 bits per heavy atom. The summed E-state index contributed by atoms with van der Waals surface area (Å²) in [5.41, 5.74) is 3.69. The Morgan fingerprint density at radius 2 is 0.476 bits per heavy atom. The molecule has 17 rings (SSSR count). The van der Waals surface area contributed by atoms with Gasteiger partial charge in [-0.25, -0.2) is 9.13 Å². The van der Waals surface area contributed by atoms with E-state index < -0.39 is 0 Å². The smallest absolute Gasteiger partial charge is 0.266 e. The zero-order valence-electron chi connectivity index (χ0n) is 46.8. The molecule has 0 unspecified atom stereocenters. The number of nitrogens with zero attached hydrogens (tertiary/aromatic N) is 2. The van der Waals surface area contributed by atoms with Crippen LogP contribution in [0.15, 0.2) is 177 Å². The van der Waals surface area contributed by atoms with Gasteiger partial charge in [-0.1, -0.05) is 140 Å². The van der Waals surface area contributed by atoms with Crippen LogP contribution in [0.1, 0.15) is 101 Å². The van der Waals surface area contributed by atoms with E-state index in [1.165, 1.54) is 9.13 Å². The fourth-order valence-corrected chi connectivity index (χ4v) is 15.3. The van der Waals surface area contributed by atoms with Crippen LogP contribution in [-0.2, 0) is 0 Å². The fourth-order valence-electron chi connectivity index (χ4n) is 15.3. The molecule has 0 saturated carbocycles. The van der Waals surface area contributed by atoms with E-state index >= 15 is 19.2 Å². The third-order valence-electron chi connectivity index (χ3n) is 19.0. The molecule has 2 aromatic heterocycles. The van der Waals surface area contributed by atoms with Crippen molar-refractivity contribution >= 4 is 151 Å². The average Bonchev–Trinajstić information content (AvgIpc) is 0.767. The largest absolute Gasteiger partial charge is 0.268 e. The summed E-state index contributed by atoms with van der Waals surface area (Å²) in [5.74, 6) is 0.0717. The van der Waals surface area contributed by atoms with E-state index in [9.17, 15) is 0 Å². The predicted octanol–water partition coefficient (Wildman–Crippen LogP) is 18.5. The number of hydrogen-bond donors (Lipinski definition) is 0. The number of fused-ring (bicyclic) bond motifs is 10. The predicted molar refractivity (Wildman–Crippen MR) is 348 cm³/mol. The molecule has 2 heterocycles. The van der Waals surface area contributed by atoms with Crippen molar-refractivity contribution in [3.63, 3.8) is 0 Å². The van der Waals surface area contributed by atoms with Crippen molar-refractivity contribution in [2.75, 3.05) is 0 Å². The first-order valence-electron chi connectivity index (χ1n) is 29.0. The number of pyridine rings is 2. The van der Waals surface area contributed by atoms with Crippen LogP contribution in [0.5, 0.6) is 0 Å². The highest BCUT2D eigenvalue weighted by molar-refractivity contribution is 6.55. The highest BCUT2D eigenvalue weighted by Gasteiger charge is 2.33. The van der Waals surface area contributed by atoms with Crippen LogP contribution in [0.25, 0.3) is 162 Å². The summed E-state index contributed by atoms with van der Waals surface area (Å²) < 4.78 is 3.00. The number of rotatable bonds is 6. The van der Waals surface area contributed by atoms with Crippen molar-refractivity contribution in [1.82, 2.24) is 9.13 Å². The zero-order valence-corrected chi connectivity index (χ0v) is 46.8. The Bertz CT molecular complexity index is 5270. The molecule has 0 amide bonds. The summed E-state index contributed by atoms with van der Waals surface area (Å²) in [4.78, 5) is 64.9. The topological polar surface area (TPSA) is 78.1 Å². The Labute approximate surface area is 469 Å². The average molecular weight is 1060 g/mol. The fraction of sp³-hybridized carbons (Fsp3) is 0.158. The molecule has 0 atom stereocenters. The maximum absolute atomic E-state index is 16.2. The van der Waals surface area contributed by atoms with Gasteiger partial charge >= 0.3 is 0 Å². The Kier molecular flexibility index (Phi) is 9.29. The molecule has 0 bridgehead atoms. The molecule has 392 valence electrons. The molecule has 17 aromatic rings. The van der Waals surface area contributed by atoms with Gasteiger partial charge in [0.1, 0.15) is 0 Å². The van der Waals surface area contributed by atoms with Crippen molar-refractivity contribution in [3.05, 3.63) is 221 Å². The lowest BCUT2D eigenvalue weighted by Crippen LogP contribution is -2.34. The standard InChI is InChI=1S/C76H54N2O4/c1-35(2)47-19-13-20-48(36(3)4)71(47)77-73(79)59-31-55-51-27-43-23-39-15-9-11-17-41(39)25-45(43)29-53(51)57-33-61-64-62(76(82)78(75(61)81)72-49(37(5)6)21-14-22-50(72)38(7)8)34-58-54-30-46-26-42-18-12-10-16-40(42)24-44(46)28-52(54)56-32-60(74(77)80)63(59)69-65(55)67(57)70(64)68(58)66(56)69/h9-38H,1-8H3. The van der Waals surface area contributed by atoms with Crippen molar-refractivity contribution < 1.29 is 0 Å². The maximum Gasteiger partial charge on any atom is 0.266 e. The highest BCUT2D eigenvalue weighted by Crippen LogP contribution is 2.56. The van der Waals surface area contributed by atoms with E-state index in [-0.39, 0.29) is 45.9 Å². The number of hydrogen-bond acceptors (Lipinski definition) is 4. The minimum atomic E-state index is -0.349. The van der Waals surface area contributed by atoms with E-state index in [0.29, 0.717) is 43.7 Å². The first-order valence-corrected chi connectivity index (χ1v) is 29.0. The highest BCUT2D eigenvalue weighted by atomic mass is 16.2. The molecule has 0 spiro atoms. The molecule has 0 radical (unpaired) electrons. The summed E-state index contributed by atoms with van der Waals surface area (Å²) in [6.07, 6.45) is 0. The molecule has 0 saturated heterocycles. The van der Waals surface area contributed by atoms with E-state index in [2.05, 4.69) is 201 Å². The second kappa shape index (κ2) is 16.1. The van der Waals surface area contributed by atoms with Crippen molar-refractivity contribution in [3.8, 4) is 11.4 Å². The van der Waals surface area contributed by atoms with Gasteiger partial charge in [0, 0.05) is 43.1 Å². The van der Waals surface area contributed by atoms with Gasteiger partial charge in [0.05, 0.1) is 11.4 Å². The van der Waals surface area contributed by atoms with Crippen LogP contribution in [0.4, 0.5) is 0 Å². The van der Waals surface area contributed by atoms with Crippen molar-refractivity contribution in [1.29, 1.82) is 0 Å². The summed E-state index contributed by atoms with van der Waals surface area (Å²) >= 11 is 0. The van der Waals surface area contributed by atoms with Gasteiger partial charge in [0.25, 0.3) is 22.2 Å². The maximum atomic E-state index is 16.2. The zero-order chi connectivity index (χ0) is 55.8. The van der Waals surface area contributed by atoms with Crippen LogP contribution in [0, 0.1) is 0 Å². The van der Waals surface area contributed by atoms with Crippen LogP contribution in [0.2, 0.25) is 0 Å². The third kappa shape index (κ3) is 5.88. The van der Waals surface area contributed by atoms with Crippen LogP contribution < -0.4 is 22.2 Å². The molecule has 6 nitrogen and oxygen atoms in total. The quantitative estimate of drug-likeness (QED) is 0.123. The molecule has 0 N–H and O–H groups in total. The number of aromatic nitrogens is 2. The van der Waals surface area contributed by atoms with Gasteiger partial charge in [-0.15, -0.1) is 0 Å². The van der Waals surface area contributed by atoms with E-state index in [4.69, 9.17) is 0 Å². The van der Waals surface area contributed by atoms with E-state index in [0.717, 1.165) is 141 Å². The van der Waals surface area contributed by atoms with Crippen LogP contribution >= 0.6 is 0 Å². The molecule has 0 aliphatic rings. The summed E-state index contributed by atoms with van der Waals surface area (Å²) in [6.45, 7) is 17.0. The lowest BCUT2D eigenvalue weighted by molar-refractivity contribution is 0.792. The van der Waals surface area contributed by atoms with Crippen molar-refractivity contribution in [2.24, 2.45) is 0 Å². The summed E-state index contributed by atoms with van der Waals surface area (Å²) in [6, 6.07) is 55.5. The van der Waals surface area contributed by atoms with E-state index in [1.54, 1.807) is 0 Å². The van der Waals surface area contributed by atoms with Gasteiger partial charge in [-0.2, -0.15) is 0 Å². The minimum absolute atomic E-state index is 0.0179. The summed E-state index contributed by atoms with van der Waals surface area (Å²) in [5, 5.41) is 24.5. The third-order valence-corrected chi connectivity index (χ3v) is 19.0. The second-order valence-electron chi connectivity index (χ2n) is 24.9. The molecule has 82 heavy (non-hydrogen) atoms. The number of para-hydroxylation sites is 2. The van der Waals surface area contributed by atoms with Gasteiger partial charge in [-0.3, -0.25) is 19.2 Å². The lowest BCUT2D eigenvalue weighted by atomic mass is 9.77.